The van der Waals surface area contributed by atoms with Crippen LogP contribution in [0.2, 0.25) is 5.02 Å². The van der Waals surface area contributed by atoms with E-state index in [4.69, 9.17) is 22.1 Å². The number of hydrogen-bond donors (Lipinski definition) is 1. The number of nitrogens with zero attached hydrogens (tertiary/aromatic N) is 1. The van der Waals surface area contributed by atoms with Gasteiger partial charge >= 0.3 is 0 Å². The molecule has 3 nitrogen and oxygen atoms in total. The lowest BCUT2D eigenvalue weighted by Gasteiger charge is -2.35. The molecule has 4 heteroatoms. The van der Waals surface area contributed by atoms with Crippen molar-refractivity contribution in [3.63, 3.8) is 0 Å². The molecule has 19 heavy (non-hydrogen) atoms. The number of hydrogen-bond acceptors (Lipinski definition) is 3. The number of rotatable bonds is 5. The SMILES string of the molecule is CN(Cc1ccc(Cl)cc1)C(CN)C1CCCOC1. The summed E-state index contributed by atoms with van der Waals surface area (Å²) < 4.78 is 5.58. The molecule has 1 aromatic rings. The minimum absolute atomic E-state index is 0.385. The summed E-state index contributed by atoms with van der Waals surface area (Å²) in [6.07, 6.45) is 2.36. The van der Waals surface area contributed by atoms with Crippen molar-refractivity contribution in [2.45, 2.75) is 25.4 Å². The summed E-state index contributed by atoms with van der Waals surface area (Å²) in [4.78, 5) is 2.34. The first kappa shape index (κ1) is 14.8. The van der Waals surface area contributed by atoms with Crippen LogP contribution in [0.25, 0.3) is 0 Å². The maximum atomic E-state index is 5.96. The third-order valence-corrected chi connectivity index (χ3v) is 4.14. The Morgan fingerprint density at radius 1 is 1.42 bits per heavy atom. The lowest BCUT2D eigenvalue weighted by Crippen LogP contribution is -2.45. The van der Waals surface area contributed by atoms with Gasteiger partial charge in [-0.05, 0) is 43.5 Å². The number of likely N-dealkylation sites (N-methyl/N-ethyl adjacent to an activating group) is 1. The van der Waals surface area contributed by atoms with E-state index in [0.717, 1.165) is 31.2 Å². The zero-order chi connectivity index (χ0) is 13.7. The molecule has 0 amide bonds. The van der Waals surface area contributed by atoms with Crippen LogP contribution in [0.5, 0.6) is 0 Å². The molecule has 0 aromatic heterocycles. The van der Waals surface area contributed by atoms with Gasteiger partial charge in [-0.25, -0.2) is 0 Å². The van der Waals surface area contributed by atoms with Gasteiger partial charge in [0.25, 0.3) is 0 Å². The average Bonchev–Trinajstić information content (AvgIpc) is 2.43. The molecule has 1 aromatic carbocycles. The van der Waals surface area contributed by atoms with Gasteiger partial charge in [0.2, 0.25) is 0 Å². The van der Waals surface area contributed by atoms with E-state index in [0.29, 0.717) is 18.5 Å². The standard InChI is InChI=1S/C15H23ClN2O/c1-18(10-12-4-6-14(16)7-5-12)15(9-17)13-3-2-8-19-11-13/h4-7,13,15H,2-3,8-11,17H2,1H3. The fourth-order valence-corrected chi connectivity index (χ4v) is 2.92. The van der Waals surface area contributed by atoms with Crippen molar-refractivity contribution in [3.8, 4) is 0 Å². The van der Waals surface area contributed by atoms with Crippen molar-refractivity contribution in [1.29, 1.82) is 0 Å². The van der Waals surface area contributed by atoms with Crippen LogP contribution < -0.4 is 5.73 Å². The fourth-order valence-electron chi connectivity index (χ4n) is 2.80. The lowest BCUT2D eigenvalue weighted by molar-refractivity contribution is 0.0156. The zero-order valence-electron chi connectivity index (χ0n) is 11.5. The molecule has 0 spiro atoms. The Balaban J connectivity index is 1.95. The van der Waals surface area contributed by atoms with E-state index in [9.17, 15) is 0 Å². The molecule has 1 saturated heterocycles. The molecular formula is C15H23ClN2O. The van der Waals surface area contributed by atoms with E-state index in [2.05, 4.69) is 24.1 Å². The van der Waals surface area contributed by atoms with E-state index in [1.54, 1.807) is 0 Å². The predicted molar refractivity (Wildman–Crippen MR) is 79.3 cm³/mol. The Bertz CT molecular complexity index is 376. The van der Waals surface area contributed by atoms with Crippen LogP contribution in [0.1, 0.15) is 18.4 Å². The third kappa shape index (κ3) is 4.18. The van der Waals surface area contributed by atoms with Crippen LogP contribution in [0.3, 0.4) is 0 Å². The van der Waals surface area contributed by atoms with E-state index < -0.39 is 0 Å². The summed E-state index contributed by atoms with van der Waals surface area (Å²) >= 11 is 5.91. The van der Waals surface area contributed by atoms with Crippen LogP contribution in [0.4, 0.5) is 0 Å². The molecule has 2 unspecified atom stereocenters. The normalized spacial score (nSPS) is 21.6. The van der Waals surface area contributed by atoms with Crippen molar-refractivity contribution >= 4 is 11.6 Å². The second-order valence-electron chi connectivity index (χ2n) is 5.32. The van der Waals surface area contributed by atoms with Gasteiger partial charge in [0, 0.05) is 30.8 Å². The maximum absolute atomic E-state index is 5.96. The Labute approximate surface area is 120 Å². The summed E-state index contributed by atoms with van der Waals surface area (Å²) in [5, 5.41) is 0.780. The highest BCUT2D eigenvalue weighted by molar-refractivity contribution is 6.30. The predicted octanol–water partition coefficient (Wildman–Crippen LogP) is 2.53. The highest BCUT2D eigenvalue weighted by Gasteiger charge is 2.26. The third-order valence-electron chi connectivity index (χ3n) is 3.89. The molecule has 1 aliphatic heterocycles. The molecule has 1 heterocycles. The molecule has 0 saturated carbocycles. The first-order valence-electron chi connectivity index (χ1n) is 6.93. The molecular weight excluding hydrogens is 260 g/mol. The minimum atomic E-state index is 0.385. The Morgan fingerprint density at radius 2 is 2.16 bits per heavy atom. The summed E-state index contributed by atoms with van der Waals surface area (Å²) in [6, 6.07) is 8.40. The molecule has 0 bridgehead atoms. The van der Waals surface area contributed by atoms with Gasteiger partial charge in [-0.3, -0.25) is 4.90 Å². The van der Waals surface area contributed by atoms with Gasteiger partial charge in [-0.1, -0.05) is 23.7 Å². The molecule has 0 radical (unpaired) electrons. The van der Waals surface area contributed by atoms with Gasteiger partial charge in [-0.2, -0.15) is 0 Å². The quantitative estimate of drug-likeness (QED) is 0.902. The van der Waals surface area contributed by atoms with Crippen LogP contribution in [0.15, 0.2) is 24.3 Å². The molecule has 0 aliphatic carbocycles. The monoisotopic (exact) mass is 282 g/mol. The highest BCUT2D eigenvalue weighted by Crippen LogP contribution is 2.22. The zero-order valence-corrected chi connectivity index (χ0v) is 12.3. The maximum Gasteiger partial charge on any atom is 0.0509 e. The van der Waals surface area contributed by atoms with Crippen molar-refractivity contribution in [2.75, 3.05) is 26.8 Å². The number of ether oxygens (including phenoxy) is 1. The van der Waals surface area contributed by atoms with Gasteiger partial charge in [0.15, 0.2) is 0 Å². The Hall–Kier alpha value is -0.610. The van der Waals surface area contributed by atoms with Gasteiger partial charge in [-0.15, -0.1) is 0 Å². The van der Waals surface area contributed by atoms with Gasteiger partial charge in [0.1, 0.15) is 0 Å². The van der Waals surface area contributed by atoms with Crippen LogP contribution in [-0.4, -0.2) is 37.7 Å². The summed E-state index contributed by atoms with van der Waals surface area (Å²) in [6.45, 7) is 3.31. The smallest absolute Gasteiger partial charge is 0.0509 e. The first-order valence-corrected chi connectivity index (χ1v) is 7.31. The minimum Gasteiger partial charge on any atom is -0.381 e. The second kappa shape index (κ2) is 7.25. The molecule has 2 rings (SSSR count). The van der Waals surface area contributed by atoms with E-state index in [-0.39, 0.29) is 0 Å². The first-order chi connectivity index (χ1) is 9.20. The van der Waals surface area contributed by atoms with Crippen molar-refractivity contribution < 1.29 is 4.74 Å². The molecule has 2 N–H and O–H groups in total. The number of benzene rings is 1. The highest BCUT2D eigenvalue weighted by atomic mass is 35.5. The number of nitrogens with two attached hydrogens (primary N) is 1. The van der Waals surface area contributed by atoms with Crippen LogP contribution in [-0.2, 0) is 11.3 Å². The summed E-state index contributed by atoms with van der Waals surface area (Å²) in [5.74, 6) is 0.552. The van der Waals surface area contributed by atoms with E-state index >= 15 is 0 Å². The molecule has 2 atom stereocenters. The largest absolute Gasteiger partial charge is 0.381 e. The molecule has 1 aliphatic rings. The Morgan fingerprint density at radius 3 is 2.74 bits per heavy atom. The van der Waals surface area contributed by atoms with Crippen molar-refractivity contribution in [2.24, 2.45) is 11.7 Å². The van der Waals surface area contributed by atoms with Crippen molar-refractivity contribution in [1.82, 2.24) is 4.90 Å². The Kier molecular flexibility index (Phi) is 5.64. The van der Waals surface area contributed by atoms with Crippen LogP contribution >= 0.6 is 11.6 Å². The summed E-state index contributed by atoms with van der Waals surface area (Å²) in [7, 11) is 2.14. The summed E-state index contributed by atoms with van der Waals surface area (Å²) in [5.41, 5.74) is 7.23. The lowest BCUT2D eigenvalue weighted by atomic mass is 9.92. The van der Waals surface area contributed by atoms with E-state index in [1.807, 2.05) is 12.1 Å². The van der Waals surface area contributed by atoms with Crippen LogP contribution in [0, 0.1) is 5.92 Å². The molecule has 106 valence electrons. The molecule has 1 fully saturated rings. The fraction of sp³-hybridized carbons (Fsp3) is 0.600. The van der Waals surface area contributed by atoms with Gasteiger partial charge in [0.05, 0.1) is 6.61 Å². The number of halogens is 1. The van der Waals surface area contributed by atoms with Crippen molar-refractivity contribution in [3.05, 3.63) is 34.9 Å². The topological polar surface area (TPSA) is 38.5 Å². The average molecular weight is 283 g/mol. The van der Waals surface area contributed by atoms with Gasteiger partial charge < -0.3 is 10.5 Å². The second-order valence-corrected chi connectivity index (χ2v) is 5.76. The van der Waals surface area contributed by atoms with E-state index in [1.165, 1.54) is 12.0 Å².